The zero-order valence-electron chi connectivity index (χ0n) is 20.0. The number of hydrogen-bond acceptors (Lipinski definition) is 4. The molecular weight excluding hydrogens is 509 g/mol. The molecule has 3 aromatic rings. The number of halogens is 5. The predicted molar refractivity (Wildman–Crippen MR) is 125 cm³/mol. The van der Waals surface area contributed by atoms with Crippen LogP contribution in [0, 0.1) is 5.95 Å². The van der Waals surface area contributed by atoms with Crippen molar-refractivity contribution in [2.75, 3.05) is 6.54 Å². The molecular formula is C26H24F5N5O2. The van der Waals surface area contributed by atoms with Crippen molar-refractivity contribution in [3.05, 3.63) is 83.2 Å². The first-order valence-electron chi connectivity index (χ1n) is 12.2. The molecule has 200 valence electrons. The summed E-state index contributed by atoms with van der Waals surface area (Å²) in [6, 6.07) is 10.5. The van der Waals surface area contributed by atoms with Gasteiger partial charge in [-0.25, -0.2) is 9.37 Å². The standard InChI is InChI=1S/C26H24F5N5O2/c27-17-12-20(35(13-17)22(37)14-36-21(10-11-32-36)26(29,30)31)25(38)34-23(16-4-2-1-3-5-16)19-9-8-18(15-6-7-15)24(28)33-19/h1-5,8-11,15,17,20,23H,6-7,12-14H2,(H,34,38)/t17-,20+,23+/m1/s1. The highest BCUT2D eigenvalue weighted by Gasteiger charge is 2.42. The molecule has 3 atom stereocenters. The van der Waals surface area contributed by atoms with Crippen LogP contribution in [0.15, 0.2) is 54.7 Å². The third-order valence-corrected chi connectivity index (χ3v) is 6.80. The first kappa shape index (κ1) is 25.8. The summed E-state index contributed by atoms with van der Waals surface area (Å²) < 4.78 is 69.3. The van der Waals surface area contributed by atoms with E-state index in [0.29, 0.717) is 15.8 Å². The van der Waals surface area contributed by atoms with E-state index in [1.807, 2.05) is 0 Å². The third kappa shape index (κ3) is 5.39. The number of nitrogens with one attached hydrogen (secondary N) is 1. The average Bonchev–Trinajstić information content (AvgIpc) is 3.46. The maximum atomic E-state index is 14.8. The fraction of sp³-hybridized carbons (Fsp3) is 0.385. The molecule has 0 bridgehead atoms. The molecule has 7 nitrogen and oxygen atoms in total. The van der Waals surface area contributed by atoms with E-state index < -0.39 is 61.0 Å². The van der Waals surface area contributed by atoms with Gasteiger partial charge in [-0.15, -0.1) is 0 Å². The predicted octanol–water partition coefficient (Wildman–Crippen LogP) is 4.16. The van der Waals surface area contributed by atoms with Crippen LogP contribution >= 0.6 is 0 Å². The van der Waals surface area contributed by atoms with E-state index in [0.717, 1.165) is 30.0 Å². The summed E-state index contributed by atoms with van der Waals surface area (Å²) in [5.74, 6) is -2.10. The highest BCUT2D eigenvalue weighted by molar-refractivity contribution is 5.88. The Hall–Kier alpha value is -3.83. The van der Waals surface area contributed by atoms with E-state index in [1.165, 1.54) is 0 Å². The first-order chi connectivity index (χ1) is 18.1. The second kappa shape index (κ2) is 10.1. The lowest BCUT2D eigenvalue weighted by molar-refractivity contribution is -0.147. The van der Waals surface area contributed by atoms with Gasteiger partial charge in [-0.2, -0.15) is 22.7 Å². The summed E-state index contributed by atoms with van der Waals surface area (Å²) in [6.45, 7) is -1.26. The van der Waals surface area contributed by atoms with Gasteiger partial charge in [0, 0.05) is 18.2 Å². The molecule has 3 heterocycles. The topological polar surface area (TPSA) is 80.1 Å². The molecule has 2 aromatic heterocycles. The van der Waals surface area contributed by atoms with Crippen molar-refractivity contribution in [1.29, 1.82) is 0 Å². The van der Waals surface area contributed by atoms with Crippen LogP contribution in [0.25, 0.3) is 0 Å². The Morgan fingerprint density at radius 1 is 1.08 bits per heavy atom. The molecule has 0 unspecified atom stereocenters. The molecule has 12 heteroatoms. The Bertz CT molecular complexity index is 1330. The number of amides is 2. The Labute approximate surface area is 214 Å². The van der Waals surface area contributed by atoms with E-state index in [-0.39, 0.29) is 18.0 Å². The molecule has 2 fully saturated rings. The molecule has 2 aliphatic rings. The molecule has 0 spiro atoms. The van der Waals surface area contributed by atoms with Crippen molar-refractivity contribution in [3.63, 3.8) is 0 Å². The van der Waals surface area contributed by atoms with Crippen molar-refractivity contribution in [2.45, 2.75) is 56.2 Å². The minimum Gasteiger partial charge on any atom is -0.342 e. The lowest BCUT2D eigenvalue weighted by Crippen LogP contribution is -2.48. The number of carbonyl (C=O) groups is 2. The second-order valence-corrected chi connectivity index (χ2v) is 9.51. The second-order valence-electron chi connectivity index (χ2n) is 9.51. The van der Waals surface area contributed by atoms with Gasteiger partial charge in [-0.1, -0.05) is 36.4 Å². The number of aromatic nitrogens is 3. The van der Waals surface area contributed by atoms with Gasteiger partial charge >= 0.3 is 6.18 Å². The molecule has 1 saturated carbocycles. The molecule has 1 aliphatic carbocycles. The van der Waals surface area contributed by atoms with Crippen LogP contribution in [0.5, 0.6) is 0 Å². The van der Waals surface area contributed by atoms with Crippen molar-refractivity contribution in [3.8, 4) is 0 Å². The van der Waals surface area contributed by atoms with Crippen LogP contribution in [0.1, 0.15) is 53.7 Å². The Balaban J connectivity index is 1.37. The van der Waals surface area contributed by atoms with Crippen molar-refractivity contribution >= 4 is 11.8 Å². The number of alkyl halides is 4. The van der Waals surface area contributed by atoms with Crippen LogP contribution in [0.4, 0.5) is 22.0 Å². The maximum absolute atomic E-state index is 14.8. The smallest absolute Gasteiger partial charge is 0.342 e. The highest BCUT2D eigenvalue weighted by atomic mass is 19.4. The summed E-state index contributed by atoms with van der Waals surface area (Å²) in [6.07, 6.45) is -3.93. The molecule has 1 N–H and O–H groups in total. The number of nitrogens with zero attached hydrogens (tertiary/aromatic N) is 4. The van der Waals surface area contributed by atoms with Gasteiger partial charge in [0.1, 0.15) is 24.5 Å². The van der Waals surface area contributed by atoms with E-state index >= 15 is 0 Å². The number of rotatable bonds is 7. The number of pyridine rings is 1. The van der Waals surface area contributed by atoms with Crippen LogP contribution in [0.3, 0.4) is 0 Å². The highest BCUT2D eigenvalue weighted by Crippen LogP contribution is 2.41. The quantitative estimate of drug-likeness (QED) is 0.366. The van der Waals surface area contributed by atoms with Crippen molar-refractivity contribution < 1.29 is 31.5 Å². The molecule has 1 aliphatic heterocycles. The van der Waals surface area contributed by atoms with Gasteiger partial charge in [0.15, 0.2) is 0 Å². The summed E-state index contributed by atoms with van der Waals surface area (Å²) in [4.78, 5) is 31.3. The molecule has 5 rings (SSSR count). The summed E-state index contributed by atoms with van der Waals surface area (Å²) in [5, 5.41) is 6.31. The van der Waals surface area contributed by atoms with Gasteiger partial charge in [0.05, 0.1) is 18.3 Å². The third-order valence-electron chi connectivity index (χ3n) is 6.80. The zero-order chi connectivity index (χ0) is 27.0. The number of benzene rings is 1. The molecule has 38 heavy (non-hydrogen) atoms. The summed E-state index contributed by atoms with van der Waals surface area (Å²) in [7, 11) is 0. The average molecular weight is 534 g/mol. The summed E-state index contributed by atoms with van der Waals surface area (Å²) in [5.41, 5.74) is 0.197. The fourth-order valence-corrected chi connectivity index (χ4v) is 4.76. The Morgan fingerprint density at radius 3 is 2.47 bits per heavy atom. The Morgan fingerprint density at radius 2 is 1.82 bits per heavy atom. The van der Waals surface area contributed by atoms with Crippen LogP contribution in [-0.4, -0.2) is 50.2 Å². The molecule has 0 radical (unpaired) electrons. The van der Waals surface area contributed by atoms with Crippen LogP contribution in [-0.2, 0) is 22.3 Å². The monoisotopic (exact) mass is 533 g/mol. The number of carbonyl (C=O) groups excluding carboxylic acids is 2. The van der Waals surface area contributed by atoms with Gasteiger partial charge in [0.25, 0.3) is 0 Å². The van der Waals surface area contributed by atoms with Gasteiger partial charge in [-0.3, -0.25) is 14.3 Å². The zero-order valence-corrected chi connectivity index (χ0v) is 20.0. The molecule has 1 saturated heterocycles. The SMILES string of the molecule is O=C(N[C@@H](c1ccccc1)c1ccc(C2CC2)c(F)n1)[C@@H]1C[C@@H](F)CN1C(=O)Cn1nccc1C(F)(F)F. The van der Waals surface area contributed by atoms with Crippen molar-refractivity contribution in [2.24, 2.45) is 0 Å². The minimum absolute atomic E-state index is 0.133. The first-order valence-corrected chi connectivity index (χ1v) is 12.2. The van der Waals surface area contributed by atoms with E-state index in [2.05, 4.69) is 15.4 Å². The summed E-state index contributed by atoms with van der Waals surface area (Å²) >= 11 is 0. The number of hydrogen-bond donors (Lipinski definition) is 1. The largest absolute Gasteiger partial charge is 0.433 e. The van der Waals surface area contributed by atoms with E-state index in [1.54, 1.807) is 42.5 Å². The van der Waals surface area contributed by atoms with Gasteiger partial charge in [-0.05, 0) is 36.5 Å². The lowest BCUT2D eigenvalue weighted by atomic mass is 10.0. The number of likely N-dealkylation sites (tertiary alicyclic amines) is 1. The van der Waals surface area contributed by atoms with E-state index in [4.69, 9.17) is 0 Å². The maximum Gasteiger partial charge on any atom is 0.433 e. The fourth-order valence-electron chi connectivity index (χ4n) is 4.76. The molecule has 1 aromatic carbocycles. The lowest BCUT2D eigenvalue weighted by Gasteiger charge is -2.27. The minimum atomic E-state index is -4.73. The van der Waals surface area contributed by atoms with Crippen molar-refractivity contribution in [1.82, 2.24) is 25.0 Å². The van der Waals surface area contributed by atoms with E-state index in [9.17, 15) is 31.5 Å². The van der Waals surface area contributed by atoms with Gasteiger partial charge in [0.2, 0.25) is 17.8 Å². The molecule has 2 amide bonds. The van der Waals surface area contributed by atoms with Crippen LogP contribution in [0.2, 0.25) is 0 Å². The Kier molecular flexibility index (Phi) is 6.89. The van der Waals surface area contributed by atoms with Gasteiger partial charge < -0.3 is 10.2 Å². The van der Waals surface area contributed by atoms with Crippen LogP contribution < -0.4 is 5.32 Å². The normalized spacial score (nSPS) is 20.4.